The molecule has 0 unspecified atom stereocenters. The number of carboxylic acid groups (broad SMARTS) is 1. The quantitative estimate of drug-likeness (QED) is 0.383. The van der Waals surface area contributed by atoms with Gasteiger partial charge in [0.15, 0.2) is 0 Å². The molecular weight excluding hydrogens is 429 g/mol. The van der Waals surface area contributed by atoms with Crippen molar-refractivity contribution in [2.75, 3.05) is 6.54 Å². The van der Waals surface area contributed by atoms with Crippen LogP contribution in [-0.2, 0) is 14.4 Å². The van der Waals surface area contributed by atoms with Gasteiger partial charge in [-0.25, -0.2) is 0 Å². The first-order valence-corrected chi connectivity index (χ1v) is 9.98. The van der Waals surface area contributed by atoms with Gasteiger partial charge in [-0.05, 0) is 31.0 Å². The first-order valence-electron chi connectivity index (χ1n) is 9.23. The van der Waals surface area contributed by atoms with Crippen molar-refractivity contribution in [3.63, 3.8) is 0 Å². The maximum atomic E-state index is 12.9. The van der Waals surface area contributed by atoms with E-state index in [1.54, 1.807) is 36.4 Å². The first-order chi connectivity index (χ1) is 14.2. The van der Waals surface area contributed by atoms with Crippen LogP contribution in [0.15, 0.2) is 48.0 Å². The van der Waals surface area contributed by atoms with E-state index in [-0.39, 0.29) is 35.7 Å². The lowest BCUT2D eigenvalue weighted by Crippen LogP contribution is -2.31. The zero-order valence-corrected chi connectivity index (χ0v) is 17.6. The van der Waals surface area contributed by atoms with Gasteiger partial charge in [0.25, 0.3) is 11.7 Å². The van der Waals surface area contributed by atoms with Crippen molar-refractivity contribution in [3.8, 4) is 0 Å². The van der Waals surface area contributed by atoms with E-state index < -0.39 is 23.7 Å². The molecule has 1 fully saturated rings. The third-order valence-corrected chi connectivity index (χ3v) is 5.47. The number of nitrogens with zero attached hydrogens (tertiary/aromatic N) is 1. The highest BCUT2D eigenvalue weighted by Crippen LogP contribution is 2.42. The summed E-state index contributed by atoms with van der Waals surface area (Å²) in [6.07, 6.45) is -0.0172. The average molecular weight is 448 g/mol. The minimum atomic E-state index is -1.01. The number of benzene rings is 2. The van der Waals surface area contributed by atoms with E-state index in [0.717, 1.165) is 5.56 Å². The second-order valence-corrected chi connectivity index (χ2v) is 7.87. The van der Waals surface area contributed by atoms with Gasteiger partial charge in [0, 0.05) is 28.6 Å². The maximum absolute atomic E-state index is 12.9. The molecule has 2 aromatic rings. The number of likely N-dealkylation sites (tertiary alicyclic amines) is 1. The molecule has 1 atom stereocenters. The number of aryl methyl sites for hydroxylation is 1. The number of rotatable bonds is 6. The summed E-state index contributed by atoms with van der Waals surface area (Å²) in [6, 6.07) is 10.6. The molecule has 6 nitrogen and oxygen atoms in total. The number of aliphatic hydroxyl groups is 1. The fourth-order valence-electron chi connectivity index (χ4n) is 3.42. The topological polar surface area (TPSA) is 94.9 Å². The molecule has 3 rings (SSSR count). The Morgan fingerprint density at radius 3 is 2.33 bits per heavy atom. The number of Topliss-reactive ketones (excluding diaryl/α,β-unsaturated/α-hetero) is 1. The molecule has 1 amide bonds. The van der Waals surface area contributed by atoms with Gasteiger partial charge in [0.1, 0.15) is 5.76 Å². The lowest BCUT2D eigenvalue weighted by molar-refractivity contribution is -0.140. The van der Waals surface area contributed by atoms with Crippen LogP contribution in [0.5, 0.6) is 0 Å². The largest absolute Gasteiger partial charge is 0.507 e. The number of carbonyl (C=O) groups is 3. The number of hydrogen-bond acceptors (Lipinski definition) is 4. The molecule has 0 bridgehead atoms. The molecule has 0 aliphatic carbocycles. The minimum Gasteiger partial charge on any atom is -0.507 e. The summed E-state index contributed by atoms with van der Waals surface area (Å²) in [5.41, 5.74) is 1.69. The van der Waals surface area contributed by atoms with Gasteiger partial charge >= 0.3 is 5.97 Å². The molecule has 0 saturated carbocycles. The van der Waals surface area contributed by atoms with Crippen molar-refractivity contribution in [1.82, 2.24) is 4.90 Å². The van der Waals surface area contributed by atoms with Crippen molar-refractivity contribution >= 4 is 46.6 Å². The molecule has 156 valence electrons. The van der Waals surface area contributed by atoms with Gasteiger partial charge in [-0.2, -0.15) is 0 Å². The van der Waals surface area contributed by atoms with E-state index >= 15 is 0 Å². The number of carboxylic acids is 1. The van der Waals surface area contributed by atoms with E-state index in [4.69, 9.17) is 28.3 Å². The zero-order chi connectivity index (χ0) is 22.0. The van der Waals surface area contributed by atoms with E-state index in [1.165, 1.54) is 11.0 Å². The Balaban J connectivity index is 2.14. The Hall–Kier alpha value is -2.83. The molecule has 8 heteroatoms. The van der Waals surface area contributed by atoms with Crippen molar-refractivity contribution in [1.29, 1.82) is 0 Å². The molecule has 2 aromatic carbocycles. The Morgan fingerprint density at radius 1 is 1.07 bits per heavy atom. The predicted octanol–water partition coefficient (Wildman–Crippen LogP) is 4.59. The summed E-state index contributed by atoms with van der Waals surface area (Å²) in [5.74, 6) is -2.98. The van der Waals surface area contributed by atoms with Gasteiger partial charge in [-0.3, -0.25) is 14.4 Å². The number of carbonyl (C=O) groups excluding carboxylic acids is 2. The van der Waals surface area contributed by atoms with Crippen LogP contribution in [0.25, 0.3) is 5.76 Å². The molecule has 0 spiro atoms. The van der Waals surface area contributed by atoms with Crippen LogP contribution in [0.1, 0.15) is 35.6 Å². The summed E-state index contributed by atoms with van der Waals surface area (Å²) in [4.78, 5) is 37.8. The van der Waals surface area contributed by atoms with Crippen LogP contribution in [-0.4, -0.2) is 39.3 Å². The van der Waals surface area contributed by atoms with Crippen LogP contribution in [0.3, 0.4) is 0 Å². The smallest absolute Gasteiger partial charge is 0.303 e. The Kier molecular flexibility index (Phi) is 6.48. The van der Waals surface area contributed by atoms with Crippen molar-refractivity contribution in [2.24, 2.45) is 0 Å². The third-order valence-electron chi connectivity index (χ3n) is 4.91. The Labute approximate surface area is 183 Å². The maximum Gasteiger partial charge on any atom is 0.303 e. The molecule has 1 saturated heterocycles. The van der Waals surface area contributed by atoms with Gasteiger partial charge in [-0.15, -0.1) is 0 Å². The fraction of sp³-hybridized carbons (Fsp3) is 0.227. The molecule has 1 heterocycles. The molecular formula is C22H19Cl2NO5. The highest BCUT2D eigenvalue weighted by atomic mass is 35.5. The van der Waals surface area contributed by atoms with Gasteiger partial charge in [-0.1, -0.05) is 59.1 Å². The summed E-state index contributed by atoms with van der Waals surface area (Å²) in [6.45, 7) is 1.91. The molecule has 0 radical (unpaired) electrons. The second-order valence-electron chi connectivity index (χ2n) is 7.02. The number of aliphatic hydroxyl groups excluding tert-OH is 1. The number of ketones is 1. The van der Waals surface area contributed by atoms with Crippen LogP contribution in [0.2, 0.25) is 10.0 Å². The van der Waals surface area contributed by atoms with E-state index in [9.17, 15) is 19.5 Å². The van der Waals surface area contributed by atoms with Gasteiger partial charge in [0.2, 0.25) is 0 Å². The first kappa shape index (κ1) is 21.9. The van der Waals surface area contributed by atoms with Crippen molar-refractivity contribution in [3.05, 3.63) is 74.8 Å². The normalized spacial score (nSPS) is 18.1. The molecule has 1 aliphatic heterocycles. The monoisotopic (exact) mass is 447 g/mol. The highest BCUT2D eigenvalue weighted by molar-refractivity contribution is 6.47. The van der Waals surface area contributed by atoms with Crippen molar-refractivity contribution in [2.45, 2.75) is 25.8 Å². The minimum absolute atomic E-state index is 0.0190. The summed E-state index contributed by atoms with van der Waals surface area (Å²) in [7, 11) is 0. The lowest BCUT2D eigenvalue weighted by Gasteiger charge is -2.26. The molecule has 1 aliphatic rings. The van der Waals surface area contributed by atoms with Gasteiger partial charge < -0.3 is 15.1 Å². The number of hydrogen-bond donors (Lipinski definition) is 2. The van der Waals surface area contributed by atoms with E-state index in [0.29, 0.717) is 16.1 Å². The predicted molar refractivity (Wildman–Crippen MR) is 114 cm³/mol. The molecule has 2 N–H and O–H groups in total. The summed E-state index contributed by atoms with van der Waals surface area (Å²) in [5, 5.41) is 20.5. The number of amides is 1. The van der Waals surface area contributed by atoms with Crippen LogP contribution in [0.4, 0.5) is 0 Å². The lowest BCUT2D eigenvalue weighted by atomic mass is 9.95. The second kappa shape index (κ2) is 8.90. The summed E-state index contributed by atoms with van der Waals surface area (Å²) < 4.78 is 0. The van der Waals surface area contributed by atoms with Crippen molar-refractivity contribution < 1.29 is 24.6 Å². The SMILES string of the molecule is Cc1ccc(/C(O)=C2\C(=O)C(=O)N(CCCC(=O)O)[C@H]2c2ccc(Cl)cc2Cl)cc1. The molecule has 30 heavy (non-hydrogen) atoms. The average Bonchev–Trinajstić information content (AvgIpc) is 2.93. The zero-order valence-electron chi connectivity index (χ0n) is 16.1. The van der Waals surface area contributed by atoms with Gasteiger partial charge in [0.05, 0.1) is 11.6 Å². The van der Waals surface area contributed by atoms with Crippen LogP contribution >= 0.6 is 23.2 Å². The van der Waals surface area contributed by atoms with Crippen LogP contribution < -0.4 is 0 Å². The van der Waals surface area contributed by atoms with E-state index in [2.05, 4.69) is 0 Å². The Bertz CT molecular complexity index is 1050. The van der Waals surface area contributed by atoms with Crippen LogP contribution in [0, 0.1) is 6.92 Å². The highest BCUT2D eigenvalue weighted by Gasteiger charge is 2.46. The third kappa shape index (κ3) is 4.35. The number of halogens is 2. The number of aliphatic carboxylic acids is 1. The van der Waals surface area contributed by atoms with E-state index in [1.807, 2.05) is 6.92 Å². The standard InChI is InChI=1S/C22H19Cl2NO5/c1-12-4-6-13(7-5-12)20(28)18-19(15-9-8-14(23)11-16(15)24)25(22(30)21(18)29)10-2-3-17(26)27/h4-9,11,19,28H,2-3,10H2,1H3,(H,26,27)/b20-18+/t19-/m0/s1. The molecule has 0 aromatic heterocycles. The summed E-state index contributed by atoms with van der Waals surface area (Å²) >= 11 is 12.3. The fourth-order valence-corrected chi connectivity index (χ4v) is 3.94. The Morgan fingerprint density at radius 2 is 1.73 bits per heavy atom.